The van der Waals surface area contributed by atoms with E-state index in [1.165, 1.54) is 12.8 Å². The molecule has 0 fully saturated rings. The summed E-state index contributed by atoms with van der Waals surface area (Å²) in [5.74, 6) is 1.11. The number of unbranched alkanes of at least 4 members (excludes halogenated alkanes) is 1. The highest BCUT2D eigenvalue weighted by atomic mass is 35.5. The Morgan fingerprint density at radius 1 is 1.70 bits per heavy atom. The first-order valence-corrected chi connectivity index (χ1v) is 4.78. The molecule has 0 saturated carbocycles. The molecule has 0 rings (SSSR count). The summed E-state index contributed by atoms with van der Waals surface area (Å²) in [4.78, 5) is 0. The van der Waals surface area contributed by atoms with E-state index in [4.69, 9.17) is 11.6 Å². The SMILES string of the molecule is C=C/C=C(/Cl)SCCCC. The van der Waals surface area contributed by atoms with Crippen molar-refractivity contribution in [3.05, 3.63) is 23.1 Å². The predicted octanol–water partition coefficient (Wildman–Crippen LogP) is 3.79. The van der Waals surface area contributed by atoms with E-state index in [9.17, 15) is 0 Å². The van der Waals surface area contributed by atoms with Crippen molar-refractivity contribution in [2.45, 2.75) is 19.8 Å². The Bertz CT molecular complexity index is 118. The largest absolute Gasteiger partial charge is 0.114 e. The monoisotopic (exact) mass is 176 g/mol. The Kier molecular flexibility index (Phi) is 7.32. The summed E-state index contributed by atoms with van der Waals surface area (Å²) in [5, 5.41) is 0. The molecule has 0 aliphatic carbocycles. The maximum absolute atomic E-state index is 5.77. The number of thioether (sulfide) groups is 1. The lowest BCUT2D eigenvalue weighted by Gasteiger charge is -1.95. The quantitative estimate of drug-likeness (QED) is 0.454. The van der Waals surface area contributed by atoms with Gasteiger partial charge in [0.1, 0.15) is 0 Å². The summed E-state index contributed by atoms with van der Waals surface area (Å²) in [5.41, 5.74) is 0. The van der Waals surface area contributed by atoms with E-state index in [1.807, 2.05) is 6.08 Å². The van der Waals surface area contributed by atoms with E-state index in [2.05, 4.69) is 13.5 Å². The lowest BCUT2D eigenvalue weighted by Crippen LogP contribution is -1.74. The standard InChI is InChI=1S/C8H13ClS/c1-3-5-7-10-8(9)6-4-2/h4,6H,2-3,5,7H2,1H3/b8-6-. The molecule has 0 N–H and O–H groups in total. The lowest BCUT2D eigenvalue weighted by molar-refractivity contribution is 0.897. The maximum Gasteiger partial charge on any atom is 0.0734 e. The van der Waals surface area contributed by atoms with Crippen LogP contribution in [-0.4, -0.2) is 5.75 Å². The van der Waals surface area contributed by atoms with Crippen LogP contribution in [0.2, 0.25) is 0 Å². The molecule has 0 aromatic rings. The van der Waals surface area contributed by atoms with Gasteiger partial charge in [0, 0.05) is 0 Å². The predicted molar refractivity (Wildman–Crippen MR) is 51.5 cm³/mol. The van der Waals surface area contributed by atoms with E-state index >= 15 is 0 Å². The van der Waals surface area contributed by atoms with Crippen LogP contribution in [0.1, 0.15) is 19.8 Å². The zero-order chi connectivity index (χ0) is 7.82. The number of hydrogen-bond acceptors (Lipinski definition) is 1. The highest BCUT2D eigenvalue weighted by Crippen LogP contribution is 2.20. The molecule has 0 spiro atoms. The van der Waals surface area contributed by atoms with Gasteiger partial charge in [-0.1, -0.05) is 37.6 Å². The molecule has 0 nitrogen and oxygen atoms in total. The molecule has 0 aliphatic rings. The average molecular weight is 177 g/mol. The molecule has 0 heterocycles. The molecule has 0 unspecified atom stereocenters. The minimum absolute atomic E-state index is 0.837. The molecule has 0 amide bonds. The highest BCUT2D eigenvalue weighted by Gasteiger charge is 1.89. The van der Waals surface area contributed by atoms with Gasteiger partial charge in [-0.2, -0.15) is 0 Å². The molecular formula is C8H13ClS. The van der Waals surface area contributed by atoms with Crippen molar-refractivity contribution < 1.29 is 0 Å². The summed E-state index contributed by atoms with van der Waals surface area (Å²) in [6, 6.07) is 0. The molecule has 0 aromatic carbocycles. The Morgan fingerprint density at radius 2 is 2.40 bits per heavy atom. The van der Waals surface area contributed by atoms with E-state index < -0.39 is 0 Å². The molecule has 58 valence electrons. The van der Waals surface area contributed by atoms with Crippen LogP contribution in [0.5, 0.6) is 0 Å². The summed E-state index contributed by atoms with van der Waals surface area (Å²) < 4.78 is 0.837. The molecule has 0 aliphatic heterocycles. The summed E-state index contributed by atoms with van der Waals surface area (Å²) in [6.07, 6.45) is 5.99. The first kappa shape index (κ1) is 10.1. The summed E-state index contributed by atoms with van der Waals surface area (Å²) >= 11 is 7.45. The third-order valence-electron chi connectivity index (χ3n) is 0.987. The highest BCUT2D eigenvalue weighted by molar-refractivity contribution is 8.04. The van der Waals surface area contributed by atoms with Crippen LogP contribution in [0.25, 0.3) is 0 Å². The van der Waals surface area contributed by atoms with Crippen LogP contribution in [0, 0.1) is 0 Å². The molecule has 0 radical (unpaired) electrons. The molecule has 10 heavy (non-hydrogen) atoms. The minimum Gasteiger partial charge on any atom is -0.114 e. The molecular weight excluding hydrogens is 164 g/mol. The maximum atomic E-state index is 5.77. The van der Waals surface area contributed by atoms with Gasteiger partial charge in [-0.25, -0.2) is 0 Å². The first-order chi connectivity index (χ1) is 4.81. The van der Waals surface area contributed by atoms with E-state index in [-0.39, 0.29) is 0 Å². The number of hydrogen-bond donors (Lipinski definition) is 0. The number of halogens is 1. The Hall–Kier alpha value is 0.120. The van der Waals surface area contributed by atoms with Gasteiger partial charge < -0.3 is 0 Å². The van der Waals surface area contributed by atoms with Gasteiger partial charge in [-0.3, -0.25) is 0 Å². The van der Waals surface area contributed by atoms with Gasteiger partial charge >= 0.3 is 0 Å². The molecule has 0 atom stereocenters. The van der Waals surface area contributed by atoms with Crippen LogP contribution in [-0.2, 0) is 0 Å². The van der Waals surface area contributed by atoms with Gasteiger partial charge in [0.2, 0.25) is 0 Å². The topological polar surface area (TPSA) is 0 Å². The van der Waals surface area contributed by atoms with E-state index in [0.717, 1.165) is 10.1 Å². The van der Waals surface area contributed by atoms with Crippen molar-refractivity contribution in [2.75, 3.05) is 5.75 Å². The zero-order valence-electron chi connectivity index (χ0n) is 6.27. The van der Waals surface area contributed by atoms with Crippen molar-refractivity contribution in [2.24, 2.45) is 0 Å². The van der Waals surface area contributed by atoms with Crippen LogP contribution in [0.4, 0.5) is 0 Å². The van der Waals surface area contributed by atoms with Gasteiger partial charge in [0.05, 0.1) is 4.36 Å². The van der Waals surface area contributed by atoms with Gasteiger partial charge in [0.15, 0.2) is 0 Å². The Labute approximate surface area is 72.3 Å². The fraction of sp³-hybridized carbons (Fsp3) is 0.500. The van der Waals surface area contributed by atoms with Crippen molar-refractivity contribution in [1.82, 2.24) is 0 Å². The fourth-order valence-electron chi connectivity index (χ4n) is 0.455. The smallest absolute Gasteiger partial charge is 0.0734 e. The van der Waals surface area contributed by atoms with Crippen molar-refractivity contribution in [3.8, 4) is 0 Å². The van der Waals surface area contributed by atoms with Crippen molar-refractivity contribution in [3.63, 3.8) is 0 Å². The average Bonchev–Trinajstić information content (AvgIpc) is 1.89. The van der Waals surface area contributed by atoms with Crippen LogP contribution in [0.15, 0.2) is 23.1 Å². The second-order valence-corrected chi connectivity index (χ2v) is 3.68. The molecule has 0 saturated heterocycles. The van der Waals surface area contributed by atoms with E-state index in [0.29, 0.717) is 0 Å². The van der Waals surface area contributed by atoms with Crippen LogP contribution < -0.4 is 0 Å². The number of allylic oxidation sites excluding steroid dienone is 2. The summed E-state index contributed by atoms with van der Waals surface area (Å²) in [6.45, 7) is 5.73. The van der Waals surface area contributed by atoms with E-state index in [1.54, 1.807) is 17.8 Å². The van der Waals surface area contributed by atoms with Gasteiger partial charge in [-0.05, 0) is 18.2 Å². The van der Waals surface area contributed by atoms with Crippen molar-refractivity contribution in [1.29, 1.82) is 0 Å². The Morgan fingerprint density at radius 3 is 2.90 bits per heavy atom. The Balaban J connectivity index is 3.29. The van der Waals surface area contributed by atoms with Crippen LogP contribution in [0.3, 0.4) is 0 Å². The summed E-state index contributed by atoms with van der Waals surface area (Å²) in [7, 11) is 0. The second-order valence-electron chi connectivity index (χ2n) is 1.91. The molecule has 0 bridgehead atoms. The third-order valence-corrected chi connectivity index (χ3v) is 2.34. The van der Waals surface area contributed by atoms with Crippen LogP contribution >= 0.6 is 23.4 Å². The van der Waals surface area contributed by atoms with Gasteiger partial charge in [-0.15, -0.1) is 11.8 Å². The minimum atomic E-state index is 0.837. The van der Waals surface area contributed by atoms with Gasteiger partial charge in [0.25, 0.3) is 0 Å². The fourth-order valence-corrected chi connectivity index (χ4v) is 1.60. The second kappa shape index (κ2) is 7.23. The van der Waals surface area contributed by atoms with Crippen molar-refractivity contribution >= 4 is 23.4 Å². The normalized spacial score (nSPS) is 11.6. The number of rotatable bonds is 5. The molecule has 2 heteroatoms. The zero-order valence-corrected chi connectivity index (χ0v) is 7.84. The first-order valence-electron chi connectivity index (χ1n) is 3.42. The lowest BCUT2D eigenvalue weighted by atomic mass is 10.4. The third kappa shape index (κ3) is 6.24. The molecule has 0 aromatic heterocycles.